The van der Waals surface area contributed by atoms with Gasteiger partial charge in [-0.25, -0.2) is 8.60 Å². The Bertz CT molecular complexity index is 824. The molecule has 0 aliphatic rings. The van der Waals surface area contributed by atoms with Gasteiger partial charge in [0.2, 0.25) is 0 Å². The first-order chi connectivity index (χ1) is 9.30. The second-order valence-corrected chi connectivity index (χ2v) is 7.59. The van der Waals surface area contributed by atoms with Gasteiger partial charge in [-0.2, -0.15) is 8.42 Å². The van der Waals surface area contributed by atoms with E-state index < -0.39 is 25.8 Å². The molecule has 1 heterocycles. The minimum Gasteiger partial charge on any atom is -0.362 e. The van der Waals surface area contributed by atoms with E-state index >= 15 is 0 Å². The van der Waals surface area contributed by atoms with Crippen LogP contribution in [0, 0.1) is 5.82 Å². The van der Waals surface area contributed by atoms with Gasteiger partial charge in [0, 0.05) is 6.26 Å². The van der Waals surface area contributed by atoms with Crippen molar-refractivity contribution in [1.82, 2.24) is 5.16 Å². The third kappa shape index (κ3) is 3.33. The number of nitrogens with one attached hydrogen (secondary N) is 1. The lowest BCUT2D eigenvalue weighted by molar-refractivity contribution is 0.420. The molecule has 2 rings (SSSR count). The number of benzene rings is 1. The van der Waals surface area contributed by atoms with Crippen LogP contribution in [-0.2, 0) is 19.9 Å². The summed E-state index contributed by atoms with van der Waals surface area (Å²) in [5, 5.41) is 3.30. The Morgan fingerprint density at radius 3 is 2.60 bits per heavy atom. The largest absolute Gasteiger partial charge is 0.362 e. The van der Waals surface area contributed by atoms with E-state index in [0.717, 1.165) is 24.8 Å². The lowest BCUT2D eigenvalue weighted by Crippen LogP contribution is -2.13. The molecule has 0 radical (unpaired) electrons. The van der Waals surface area contributed by atoms with Crippen LogP contribution in [0.4, 0.5) is 10.1 Å². The molecule has 0 saturated heterocycles. The minimum atomic E-state index is -4.29. The Morgan fingerprint density at radius 1 is 1.30 bits per heavy atom. The van der Waals surface area contributed by atoms with E-state index in [4.69, 9.17) is 0 Å². The molecule has 7 nitrogen and oxygen atoms in total. The number of nitrogens with zero attached hydrogens (tertiary/aromatic N) is 2. The summed E-state index contributed by atoms with van der Waals surface area (Å²) in [6, 6.07) is 5.14. The van der Waals surface area contributed by atoms with Gasteiger partial charge in [0.1, 0.15) is 17.8 Å². The van der Waals surface area contributed by atoms with Crippen molar-refractivity contribution in [2.24, 2.45) is 3.77 Å². The molecule has 0 amide bonds. The smallest absolute Gasteiger partial charge is 0.350 e. The fraction of sp³-hybridized carbons (Fsp3) is 0.100. The first-order valence-corrected chi connectivity index (χ1v) is 8.57. The molecule has 1 N–H and O–H groups in total. The Balaban J connectivity index is 2.43. The normalized spacial score (nSPS) is 14.5. The van der Waals surface area contributed by atoms with Gasteiger partial charge >= 0.3 is 10.2 Å². The van der Waals surface area contributed by atoms with Crippen LogP contribution in [0.5, 0.6) is 0 Å². The molecule has 1 aromatic carbocycles. The van der Waals surface area contributed by atoms with Crippen LogP contribution in [0.1, 0.15) is 0 Å². The predicted molar refractivity (Wildman–Crippen MR) is 70.2 cm³/mol. The van der Waals surface area contributed by atoms with Crippen LogP contribution in [0.2, 0.25) is 0 Å². The van der Waals surface area contributed by atoms with Crippen molar-refractivity contribution in [1.29, 1.82) is 0 Å². The number of halogens is 1. The number of hydrogen-bond acceptors (Lipinski definition) is 5. The van der Waals surface area contributed by atoms with Crippen molar-refractivity contribution in [2.75, 3.05) is 11.0 Å². The Labute approximate surface area is 115 Å². The molecule has 0 aliphatic heterocycles. The predicted octanol–water partition coefficient (Wildman–Crippen LogP) is 1.63. The van der Waals surface area contributed by atoms with Gasteiger partial charge in [-0.05, 0) is 12.1 Å². The average molecular weight is 319 g/mol. The van der Waals surface area contributed by atoms with E-state index in [9.17, 15) is 17.0 Å². The van der Waals surface area contributed by atoms with E-state index in [0.29, 0.717) is 0 Å². The van der Waals surface area contributed by atoms with Crippen molar-refractivity contribution in [3.05, 3.63) is 42.5 Å². The highest BCUT2D eigenvalue weighted by Crippen LogP contribution is 2.18. The number of rotatable bonds is 4. The summed E-state index contributed by atoms with van der Waals surface area (Å²) in [6.45, 7) is 0. The summed E-state index contributed by atoms with van der Waals surface area (Å²) in [6.07, 6.45) is 3.18. The first-order valence-electron chi connectivity index (χ1n) is 5.20. The van der Waals surface area contributed by atoms with Gasteiger partial charge in [-0.15, -0.1) is 0 Å². The second-order valence-electron chi connectivity index (χ2n) is 3.80. The zero-order chi connectivity index (χ0) is 14.8. The van der Waals surface area contributed by atoms with E-state index in [-0.39, 0.29) is 10.6 Å². The molecular weight excluding hydrogens is 309 g/mol. The van der Waals surface area contributed by atoms with Crippen molar-refractivity contribution in [3.63, 3.8) is 0 Å². The topological polar surface area (TPSA) is 102 Å². The van der Waals surface area contributed by atoms with Crippen LogP contribution in [0.25, 0.3) is 0 Å². The summed E-state index contributed by atoms with van der Waals surface area (Å²) in [5.41, 5.74) is 0.0254. The van der Waals surface area contributed by atoms with Crippen molar-refractivity contribution in [2.45, 2.75) is 4.90 Å². The lowest BCUT2D eigenvalue weighted by Gasteiger charge is -2.06. The van der Waals surface area contributed by atoms with Crippen molar-refractivity contribution >= 4 is 25.6 Å². The maximum atomic E-state index is 13.6. The highest BCUT2D eigenvalue weighted by atomic mass is 32.3. The van der Waals surface area contributed by atoms with Crippen LogP contribution < -0.4 is 4.72 Å². The van der Waals surface area contributed by atoms with Crippen molar-refractivity contribution in [3.8, 4) is 0 Å². The number of hydrogen-bond donors (Lipinski definition) is 1. The zero-order valence-corrected chi connectivity index (χ0v) is 11.8. The Morgan fingerprint density at radius 2 is 2.00 bits per heavy atom. The summed E-state index contributed by atoms with van der Waals surface area (Å²) in [4.78, 5) is -0.282. The zero-order valence-electron chi connectivity index (χ0n) is 10.2. The van der Waals surface area contributed by atoms with Crippen LogP contribution >= 0.6 is 0 Å². The van der Waals surface area contributed by atoms with Gasteiger partial charge in [0.15, 0.2) is 0 Å². The molecule has 1 aromatic heterocycles. The second kappa shape index (κ2) is 5.21. The highest BCUT2D eigenvalue weighted by Gasteiger charge is 2.18. The van der Waals surface area contributed by atoms with E-state index in [1.54, 1.807) is 0 Å². The molecular formula is C10H10FN3O4S2. The van der Waals surface area contributed by atoms with E-state index in [1.165, 1.54) is 18.2 Å². The summed E-state index contributed by atoms with van der Waals surface area (Å²) < 4.78 is 59.0. The molecule has 0 spiro atoms. The fourth-order valence-corrected chi connectivity index (χ4v) is 4.53. The van der Waals surface area contributed by atoms with E-state index in [1.807, 2.05) is 4.72 Å². The van der Waals surface area contributed by atoms with Crippen molar-refractivity contribution < 1.29 is 21.5 Å². The minimum absolute atomic E-state index is 0.0254. The molecule has 1 unspecified atom stereocenters. The maximum absolute atomic E-state index is 13.6. The Hall–Kier alpha value is -1.94. The number of aromatic nitrogens is 1. The molecule has 0 saturated carbocycles. The van der Waals surface area contributed by atoms with Gasteiger partial charge in [-0.1, -0.05) is 21.1 Å². The van der Waals surface area contributed by atoms with Gasteiger partial charge in [0.05, 0.1) is 20.8 Å². The van der Waals surface area contributed by atoms with Crippen LogP contribution in [-0.4, -0.2) is 24.0 Å². The summed E-state index contributed by atoms with van der Waals surface area (Å²) >= 11 is 0. The van der Waals surface area contributed by atoms with Crippen LogP contribution in [0.15, 0.2) is 49.9 Å². The monoisotopic (exact) mass is 319 g/mol. The average Bonchev–Trinajstić information content (AvgIpc) is 2.79. The highest BCUT2D eigenvalue weighted by molar-refractivity contribution is 8.03. The molecule has 10 heteroatoms. The van der Waals surface area contributed by atoms with E-state index in [2.05, 4.69) is 13.4 Å². The lowest BCUT2D eigenvalue weighted by atomic mass is 10.4. The maximum Gasteiger partial charge on any atom is 0.350 e. The molecule has 0 bridgehead atoms. The fourth-order valence-electron chi connectivity index (χ4n) is 1.40. The quantitative estimate of drug-likeness (QED) is 0.922. The molecule has 108 valence electrons. The molecule has 0 aliphatic carbocycles. The number of anilines is 1. The van der Waals surface area contributed by atoms with Crippen LogP contribution in [0.3, 0.4) is 0 Å². The molecule has 0 fully saturated rings. The Kier molecular flexibility index (Phi) is 3.77. The molecule has 20 heavy (non-hydrogen) atoms. The third-order valence-corrected chi connectivity index (χ3v) is 5.73. The third-order valence-electron chi connectivity index (χ3n) is 2.16. The SMILES string of the molecule is CS(=O)(=NS(=O)(=O)Nc1cnoc1)c1ccccc1F. The first kappa shape index (κ1) is 14.5. The van der Waals surface area contributed by atoms with Gasteiger partial charge in [0.25, 0.3) is 0 Å². The summed E-state index contributed by atoms with van der Waals surface area (Å²) in [5.74, 6) is -0.788. The van der Waals surface area contributed by atoms with Gasteiger partial charge < -0.3 is 4.52 Å². The molecule has 2 aromatic rings. The standard InChI is InChI=1S/C10H10FN3O4S2/c1-19(15,10-5-3-2-4-9(10)11)14-20(16,17)13-8-6-12-18-7-8/h2-7,13H,1H3. The molecule has 1 atom stereocenters. The van der Waals surface area contributed by atoms with Gasteiger partial charge in [-0.3, -0.25) is 4.72 Å². The summed E-state index contributed by atoms with van der Waals surface area (Å²) in [7, 11) is -7.75.